The highest BCUT2D eigenvalue weighted by Gasteiger charge is 2.24. The van der Waals surface area contributed by atoms with Crippen molar-refractivity contribution in [2.75, 3.05) is 20.8 Å². The van der Waals surface area contributed by atoms with Gasteiger partial charge in [0, 0.05) is 49.4 Å². The molecule has 9 nitrogen and oxygen atoms in total. The second-order valence-corrected chi connectivity index (χ2v) is 7.42. The molecule has 0 aliphatic carbocycles. The topological polar surface area (TPSA) is 95.0 Å². The highest BCUT2D eigenvalue weighted by atomic mass is 16.5. The van der Waals surface area contributed by atoms with Crippen LogP contribution in [0.25, 0.3) is 16.8 Å². The summed E-state index contributed by atoms with van der Waals surface area (Å²) in [7, 11) is 3.26. The van der Waals surface area contributed by atoms with Crippen molar-refractivity contribution in [3.8, 4) is 16.9 Å². The third-order valence-electron chi connectivity index (χ3n) is 5.44. The van der Waals surface area contributed by atoms with E-state index >= 15 is 0 Å². The van der Waals surface area contributed by atoms with E-state index in [4.69, 9.17) is 14.5 Å². The molecule has 0 saturated carbocycles. The van der Waals surface area contributed by atoms with Crippen molar-refractivity contribution in [2.45, 2.75) is 13.0 Å². The van der Waals surface area contributed by atoms with Crippen LogP contribution in [0.5, 0.6) is 5.75 Å². The lowest BCUT2D eigenvalue weighted by Crippen LogP contribution is -2.30. The Balaban J connectivity index is 1.43. The first-order valence-corrected chi connectivity index (χ1v) is 10.2. The van der Waals surface area contributed by atoms with Crippen LogP contribution < -0.4 is 10.1 Å². The zero-order valence-electron chi connectivity index (χ0n) is 17.8. The van der Waals surface area contributed by atoms with Gasteiger partial charge in [0.2, 0.25) is 0 Å². The van der Waals surface area contributed by atoms with Crippen molar-refractivity contribution in [3.05, 3.63) is 66.4 Å². The molecular formula is C23H22N6O3. The molecule has 3 aromatic heterocycles. The lowest BCUT2D eigenvalue weighted by atomic mass is 10.00. The van der Waals surface area contributed by atoms with E-state index in [0.29, 0.717) is 31.0 Å². The predicted octanol–water partition coefficient (Wildman–Crippen LogP) is 2.87. The molecule has 0 atom stereocenters. The van der Waals surface area contributed by atoms with Gasteiger partial charge in [-0.25, -0.2) is 9.98 Å². The fourth-order valence-corrected chi connectivity index (χ4v) is 3.82. The summed E-state index contributed by atoms with van der Waals surface area (Å²) >= 11 is 0. The number of amides is 1. The van der Waals surface area contributed by atoms with Crippen LogP contribution in [-0.4, -0.2) is 51.7 Å². The predicted molar refractivity (Wildman–Crippen MR) is 120 cm³/mol. The molecule has 1 amide bonds. The molecule has 0 fully saturated rings. The summed E-state index contributed by atoms with van der Waals surface area (Å²) in [6.07, 6.45) is 9.35. The van der Waals surface area contributed by atoms with E-state index in [0.717, 1.165) is 33.8 Å². The molecule has 1 aliphatic heterocycles. The maximum Gasteiger partial charge on any atom is 0.259 e. The molecule has 162 valence electrons. The van der Waals surface area contributed by atoms with Crippen LogP contribution in [-0.2, 0) is 17.7 Å². The van der Waals surface area contributed by atoms with Gasteiger partial charge in [-0.05, 0) is 29.8 Å². The third-order valence-corrected chi connectivity index (χ3v) is 5.44. The number of carbonyl (C=O) groups is 1. The van der Waals surface area contributed by atoms with Crippen molar-refractivity contribution in [2.24, 2.45) is 4.99 Å². The number of hydrogen-bond donors (Lipinski definition) is 1. The van der Waals surface area contributed by atoms with Crippen molar-refractivity contribution in [1.29, 1.82) is 0 Å². The van der Waals surface area contributed by atoms with Crippen LogP contribution in [0.4, 0.5) is 5.69 Å². The highest BCUT2D eigenvalue weighted by Crippen LogP contribution is 2.42. The minimum Gasteiger partial charge on any atom is -0.496 e. The third kappa shape index (κ3) is 3.63. The van der Waals surface area contributed by atoms with Gasteiger partial charge in [-0.2, -0.15) is 5.10 Å². The number of fused-ring (bicyclic) bond motifs is 2. The van der Waals surface area contributed by atoms with Crippen LogP contribution >= 0.6 is 0 Å². The summed E-state index contributed by atoms with van der Waals surface area (Å²) in [6, 6.07) is 7.96. The summed E-state index contributed by atoms with van der Waals surface area (Å²) in [5, 5.41) is 7.12. The number of nitrogens with zero attached hydrogens (tertiary/aromatic N) is 5. The molecule has 4 aromatic rings. The van der Waals surface area contributed by atoms with Crippen LogP contribution in [0.3, 0.4) is 0 Å². The minimum atomic E-state index is -0.250. The van der Waals surface area contributed by atoms with Gasteiger partial charge in [-0.3, -0.25) is 9.48 Å². The van der Waals surface area contributed by atoms with E-state index in [-0.39, 0.29) is 5.91 Å². The molecule has 0 spiro atoms. The van der Waals surface area contributed by atoms with E-state index in [1.54, 1.807) is 37.5 Å². The summed E-state index contributed by atoms with van der Waals surface area (Å²) in [5.41, 5.74) is 5.02. The number of amidine groups is 1. The minimum absolute atomic E-state index is 0.250. The molecule has 0 radical (unpaired) electrons. The number of ether oxygens (including phenoxy) is 2. The van der Waals surface area contributed by atoms with Crippen LogP contribution in [0.15, 0.2) is 60.2 Å². The summed E-state index contributed by atoms with van der Waals surface area (Å²) < 4.78 is 14.2. The largest absolute Gasteiger partial charge is 0.496 e. The molecule has 1 aromatic carbocycles. The zero-order chi connectivity index (χ0) is 22.1. The Morgan fingerprint density at radius 1 is 1.22 bits per heavy atom. The average molecular weight is 430 g/mol. The number of carbonyl (C=O) groups excluding carboxylic acids is 1. The molecule has 0 bridgehead atoms. The Labute approximate surface area is 184 Å². The number of aliphatic imine (C=N–C) groups is 1. The Bertz CT molecular complexity index is 1340. The number of pyridine rings is 1. The molecule has 5 rings (SSSR count). The molecule has 1 aliphatic rings. The highest BCUT2D eigenvalue weighted by molar-refractivity contribution is 6.10. The van der Waals surface area contributed by atoms with Gasteiger partial charge in [0.25, 0.3) is 5.91 Å². The van der Waals surface area contributed by atoms with Crippen molar-refractivity contribution in [3.63, 3.8) is 0 Å². The molecule has 1 N–H and O–H groups in total. The average Bonchev–Trinajstić information content (AvgIpc) is 3.55. The Hall–Kier alpha value is -3.98. The number of methoxy groups -OCH3 is 2. The van der Waals surface area contributed by atoms with Gasteiger partial charge >= 0.3 is 0 Å². The first-order valence-electron chi connectivity index (χ1n) is 10.2. The van der Waals surface area contributed by atoms with Gasteiger partial charge in [-0.1, -0.05) is 0 Å². The monoisotopic (exact) mass is 430 g/mol. The number of imidazole rings is 1. The maximum absolute atomic E-state index is 12.7. The van der Waals surface area contributed by atoms with Crippen molar-refractivity contribution < 1.29 is 14.3 Å². The molecule has 0 saturated heterocycles. The number of nitrogens with one attached hydrogen (secondary N) is 1. The fraction of sp³-hybridized carbons (Fsp3) is 0.217. The first-order chi connectivity index (χ1) is 15.7. The van der Waals surface area contributed by atoms with E-state index in [1.807, 2.05) is 41.1 Å². The molecule has 0 unspecified atom stereocenters. The second-order valence-electron chi connectivity index (χ2n) is 7.42. The smallest absolute Gasteiger partial charge is 0.259 e. The summed E-state index contributed by atoms with van der Waals surface area (Å²) in [4.78, 5) is 21.9. The van der Waals surface area contributed by atoms with Gasteiger partial charge in [-0.15, -0.1) is 0 Å². The second kappa shape index (κ2) is 8.27. The van der Waals surface area contributed by atoms with Crippen LogP contribution in [0.2, 0.25) is 0 Å². The van der Waals surface area contributed by atoms with Crippen molar-refractivity contribution in [1.82, 2.24) is 24.5 Å². The number of hydrogen-bond acceptors (Lipinski definition) is 6. The quantitative estimate of drug-likeness (QED) is 0.508. The summed E-state index contributed by atoms with van der Waals surface area (Å²) in [5.74, 6) is 1.06. The lowest BCUT2D eigenvalue weighted by Gasteiger charge is -2.11. The molecule has 9 heteroatoms. The van der Waals surface area contributed by atoms with E-state index in [9.17, 15) is 4.79 Å². The van der Waals surface area contributed by atoms with Gasteiger partial charge in [0.05, 0.1) is 37.7 Å². The van der Waals surface area contributed by atoms with Crippen LogP contribution in [0, 0.1) is 0 Å². The summed E-state index contributed by atoms with van der Waals surface area (Å²) in [6.45, 7) is 1.11. The molecule has 4 heterocycles. The Kier molecular flexibility index (Phi) is 5.16. The first kappa shape index (κ1) is 20.0. The van der Waals surface area contributed by atoms with Crippen molar-refractivity contribution >= 4 is 23.1 Å². The number of benzene rings is 1. The standard InChI is InChI=1S/C23H22N6O3/c1-31-10-9-29-14-16(13-25-29)23(30)27-20-12-18-19(32-2)4-3-17(22(18)26-20)15-5-7-28-8-6-24-21(28)11-15/h3-8,11,13-14H,9-10,12H2,1-2H3,(H,26,27,30). The Morgan fingerprint density at radius 3 is 2.97 bits per heavy atom. The number of aromatic nitrogens is 4. The van der Waals surface area contributed by atoms with Gasteiger partial charge in [0.15, 0.2) is 0 Å². The molecular weight excluding hydrogens is 408 g/mol. The fourth-order valence-electron chi connectivity index (χ4n) is 3.82. The normalized spacial score (nSPS) is 12.6. The molecule has 32 heavy (non-hydrogen) atoms. The number of rotatable bonds is 6. The Morgan fingerprint density at radius 2 is 2.12 bits per heavy atom. The van der Waals surface area contributed by atoms with Gasteiger partial charge in [0.1, 0.15) is 17.2 Å². The SMILES string of the molecule is COCCn1cc(C(=O)NC2=Nc3c(-c4ccn5ccnc5c4)ccc(OC)c3C2)cn1. The van der Waals surface area contributed by atoms with E-state index in [1.165, 1.54) is 0 Å². The maximum atomic E-state index is 12.7. The zero-order valence-corrected chi connectivity index (χ0v) is 17.8. The van der Waals surface area contributed by atoms with Crippen LogP contribution in [0.1, 0.15) is 15.9 Å². The lowest BCUT2D eigenvalue weighted by molar-refractivity contribution is 0.0976. The van der Waals surface area contributed by atoms with Gasteiger partial charge < -0.3 is 19.2 Å². The van der Waals surface area contributed by atoms with E-state index < -0.39 is 0 Å². The van der Waals surface area contributed by atoms with E-state index in [2.05, 4.69) is 15.4 Å².